The Bertz CT molecular complexity index is 1080. The summed E-state index contributed by atoms with van der Waals surface area (Å²) >= 11 is 7.31. The van der Waals surface area contributed by atoms with Gasteiger partial charge in [0.05, 0.1) is 15.5 Å². The van der Waals surface area contributed by atoms with Gasteiger partial charge in [-0.1, -0.05) is 35.5 Å². The van der Waals surface area contributed by atoms with E-state index in [0.29, 0.717) is 27.6 Å². The number of fused-ring (bicyclic) bond motifs is 1. The largest absolute Gasteiger partial charge is 0.478 e. The van der Waals surface area contributed by atoms with Crippen LogP contribution in [0.15, 0.2) is 68.8 Å². The van der Waals surface area contributed by atoms with E-state index in [-0.39, 0.29) is 16.4 Å². The Hall–Kier alpha value is -2.76. The summed E-state index contributed by atoms with van der Waals surface area (Å²) in [6.45, 7) is 0. The smallest absolute Gasteiger partial charge is 0.337 e. The lowest BCUT2D eigenvalue weighted by Gasteiger charge is -2.02. The zero-order chi connectivity index (χ0) is 18.3. The second-order valence-electron chi connectivity index (χ2n) is 5.64. The fourth-order valence-corrected chi connectivity index (χ4v) is 3.92. The second-order valence-corrected chi connectivity index (χ2v) is 7.13. The number of Topliss-reactive ketones (excluding diaryl/α,β-unsaturated/α-hetero) is 1. The molecule has 1 aliphatic heterocycles. The summed E-state index contributed by atoms with van der Waals surface area (Å²) < 4.78 is 5.78. The number of furan rings is 1. The third kappa shape index (κ3) is 2.96. The summed E-state index contributed by atoms with van der Waals surface area (Å²) in [6, 6.07) is 15.6. The summed E-state index contributed by atoms with van der Waals surface area (Å²) in [6.07, 6.45) is 1.70. The number of hydrogen-bond donors (Lipinski definition) is 1. The number of ketones is 1. The minimum absolute atomic E-state index is 0.0115. The zero-order valence-electron chi connectivity index (χ0n) is 13.2. The van der Waals surface area contributed by atoms with Crippen molar-refractivity contribution in [1.29, 1.82) is 0 Å². The average molecular weight is 383 g/mol. The quantitative estimate of drug-likeness (QED) is 0.595. The lowest BCUT2D eigenvalue weighted by molar-refractivity contribution is 0.0697. The first-order valence-corrected chi connectivity index (χ1v) is 8.89. The van der Waals surface area contributed by atoms with Crippen molar-refractivity contribution in [3.05, 3.63) is 81.4 Å². The van der Waals surface area contributed by atoms with Crippen molar-refractivity contribution >= 4 is 41.2 Å². The first-order chi connectivity index (χ1) is 12.5. The first kappa shape index (κ1) is 16.7. The number of halogens is 1. The first-order valence-electron chi connectivity index (χ1n) is 7.69. The highest BCUT2D eigenvalue weighted by molar-refractivity contribution is 8.04. The number of allylic oxidation sites excluding steroid dienone is 1. The molecule has 1 N–H and O–H groups in total. The molecule has 2 aromatic carbocycles. The van der Waals surface area contributed by atoms with E-state index in [0.717, 1.165) is 4.90 Å². The number of benzene rings is 2. The highest BCUT2D eigenvalue weighted by Gasteiger charge is 2.25. The van der Waals surface area contributed by atoms with Gasteiger partial charge in [0.2, 0.25) is 5.78 Å². The molecule has 0 saturated heterocycles. The van der Waals surface area contributed by atoms with E-state index in [4.69, 9.17) is 16.0 Å². The molecule has 0 saturated carbocycles. The van der Waals surface area contributed by atoms with Crippen molar-refractivity contribution < 1.29 is 19.1 Å². The van der Waals surface area contributed by atoms with Crippen LogP contribution in [-0.4, -0.2) is 16.9 Å². The molecule has 0 fully saturated rings. The molecule has 0 atom stereocenters. The van der Waals surface area contributed by atoms with Crippen molar-refractivity contribution in [2.24, 2.45) is 0 Å². The molecule has 0 aliphatic carbocycles. The van der Waals surface area contributed by atoms with Gasteiger partial charge in [0.1, 0.15) is 11.5 Å². The van der Waals surface area contributed by atoms with Crippen LogP contribution in [0.5, 0.6) is 0 Å². The van der Waals surface area contributed by atoms with Crippen molar-refractivity contribution in [3.63, 3.8) is 0 Å². The van der Waals surface area contributed by atoms with Crippen molar-refractivity contribution in [2.75, 3.05) is 0 Å². The number of carbonyl (C=O) groups is 2. The van der Waals surface area contributed by atoms with Crippen LogP contribution in [-0.2, 0) is 0 Å². The van der Waals surface area contributed by atoms with Gasteiger partial charge in [0.15, 0.2) is 0 Å². The van der Waals surface area contributed by atoms with E-state index in [1.165, 1.54) is 23.9 Å². The lowest BCUT2D eigenvalue weighted by Crippen LogP contribution is -1.97. The summed E-state index contributed by atoms with van der Waals surface area (Å²) in [5.74, 6) is -0.0980. The Balaban J connectivity index is 1.65. The summed E-state index contributed by atoms with van der Waals surface area (Å²) in [7, 11) is 0. The van der Waals surface area contributed by atoms with E-state index >= 15 is 0 Å². The highest BCUT2D eigenvalue weighted by Crippen LogP contribution is 2.41. The van der Waals surface area contributed by atoms with Crippen molar-refractivity contribution in [1.82, 2.24) is 0 Å². The van der Waals surface area contributed by atoms with Crippen LogP contribution in [0.2, 0.25) is 5.02 Å². The monoisotopic (exact) mass is 382 g/mol. The van der Waals surface area contributed by atoms with Crippen LogP contribution in [0, 0.1) is 0 Å². The predicted octanol–water partition coefficient (Wildman–Crippen LogP) is 5.63. The third-order valence-corrected chi connectivity index (χ3v) is 5.39. The lowest BCUT2D eigenvalue weighted by atomic mass is 10.1. The summed E-state index contributed by atoms with van der Waals surface area (Å²) in [4.78, 5) is 25.2. The Kier molecular flexibility index (Phi) is 4.18. The number of aromatic carboxylic acids is 1. The number of hydrogen-bond acceptors (Lipinski definition) is 4. The number of carbonyl (C=O) groups excluding carboxylic acids is 1. The van der Waals surface area contributed by atoms with Gasteiger partial charge in [-0.3, -0.25) is 4.79 Å². The molecule has 3 aromatic rings. The van der Waals surface area contributed by atoms with E-state index < -0.39 is 5.97 Å². The Morgan fingerprint density at radius 1 is 1.12 bits per heavy atom. The molecular formula is C20H11ClO4S. The molecule has 0 amide bonds. The van der Waals surface area contributed by atoms with Gasteiger partial charge in [-0.15, -0.1) is 0 Å². The van der Waals surface area contributed by atoms with Crippen molar-refractivity contribution in [2.45, 2.75) is 4.90 Å². The van der Waals surface area contributed by atoms with Gasteiger partial charge in [-0.25, -0.2) is 4.79 Å². The molecule has 1 aliphatic rings. The molecule has 0 radical (unpaired) electrons. The van der Waals surface area contributed by atoms with Gasteiger partial charge in [0.25, 0.3) is 0 Å². The van der Waals surface area contributed by atoms with Gasteiger partial charge in [-0.2, -0.15) is 0 Å². The molecule has 0 unspecified atom stereocenters. The zero-order valence-corrected chi connectivity index (χ0v) is 14.8. The maximum Gasteiger partial charge on any atom is 0.337 e. The highest BCUT2D eigenvalue weighted by atomic mass is 35.5. The summed E-state index contributed by atoms with van der Waals surface area (Å²) in [5.41, 5.74) is 1.31. The van der Waals surface area contributed by atoms with Crippen LogP contribution < -0.4 is 0 Å². The van der Waals surface area contributed by atoms with E-state index in [2.05, 4.69) is 0 Å². The standard InChI is InChI=1S/C20H11ClO4S/c21-15-7-5-11(9-14(15)20(23)24)16-8-6-12(25-16)10-18-19(22)13-3-1-2-4-17(13)26-18/h1-10H,(H,23,24)/b18-10-. The molecular weight excluding hydrogens is 372 g/mol. The van der Waals surface area contributed by atoms with Crippen LogP contribution in [0.1, 0.15) is 26.5 Å². The molecule has 6 heteroatoms. The van der Waals surface area contributed by atoms with Crippen molar-refractivity contribution in [3.8, 4) is 11.3 Å². The molecule has 1 aromatic heterocycles. The normalized spacial score (nSPS) is 14.7. The number of thioether (sulfide) groups is 1. The number of carboxylic acids is 1. The maximum atomic E-state index is 12.4. The Labute approximate surface area is 158 Å². The Morgan fingerprint density at radius 2 is 1.92 bits per heavy atom. The molecule has 26 heavy (non-hydrogen) atoms. The predicted molar refractivity (Wildman–Crippen MR) is 101 cm³/mol. The maximum absolute atomic E-state index is 12.4. The molecule has 4 rings (SSSR count). The SMILES string of the molecule is O=C(O)c1cc(-c2ccc(/C=C3\Sc4ccccc4C3=O)o2)ccc1Cl. The van der Waals surface area contributed by atoms with Gasteiger partial charge in [0, 0.05) is 16.0 Å². The molecule has 128 valence electrons. The second kappa shape index (κ2) is 6.52. The average Bonchev–Trinajstić information content (AvgIpc) is 3.21. The van der Waals surface area contributed by atoms with Crippen LogP contribution >= 0.6 is 23.4 Å². The molecule has 0 spiro atoms. The van der Waals surface area contributed by atoms with Gasteiger partial charge >= 0.3 is 5.97 Å². The minimum atomic E-state index is -1.10. The third-order valence-electron chi connectivity index (χ3n) is 3.96. The number of carboxylic acid groups (broad SMARTS) is 1. The van der Waals surface area contributed by atoms with Gasteiger partial charge in [-0.05, 0) is 48.5 Å². The Morgan fingerprint density at radius 3 is 2.69 bits per heavy atom. The number of rotatable bonds is 3. The summed E-state index contributed by atoms with van der Waals surface area (Å²) in [5, 5.41) is 9.35. The fraction of sp³-hybridized carbons (Fsp3) is 0. The van der Waals surface area contributed by atoms with Gasteiger partial charge < -0.3 is 9.52 Å². The van der Waals surface area contributed by atoms with E-state index in [1.807, 2.05) is 18.2 Å². The fourth-order valence-electron chi connectivity index (χ4n) is 2.69. The minimum Gasteiger partial charge on any atom is -0.478 e. The van der Waals surface area contributed by atoms with E-state index in [1.54, 1.807) is 30.3 Å². The van der Waals surface area contributed by atoms with E-state index in [9.17, 15) is 14.7 Å². The molecule has 0 bridgehead atoms. The topological polar surface area (TPSA) is 67.5 Å². The molecule has 2 heterocycles. The van der Waals surface area contributed by atoms with Crippen LogP contribution in [0.3, 0.4) is 0 Å². The van der Waals surface area contributed by atoms with Crippen LogP contribution in [0.4, 0.5) is 0 Å². The molecule has 4 nitrogen and oxygen atoms in total. The van der Waals surface area contributed by atoms with Crippen LogP contribution in [0.25, 0.3) is 17.4 Å².